The zero-order chi connectivity index (χ0) is 17.2. The molecule has 1 atom stereocenters. The first-order chi connectivity index (χ1) is 11.7. The molecule has 0 aromatic heterocycles. The molecule has 1 unspecified atom stereocenters. The fourth-order valence-electron chi connectivity index (χ4n) is 3.13. The van der Waals surface area contributed by atoms with E-state index in [1.54, 1.807) is 7.11 Å². The zero-order valence-corrected chi connectivity index (χ0v) is 16.1. The summed E-state index contributed by atoms with van der Waals surface area (Å²) in [7, 11) is 1.65. The van der Waals surface area contributed by atoms with Gasteiger partial charge in [-0.3, -0.25) is 4.79 Å². The summed E-state index contributed by atoms with van der Waals surface area (Å²) >= 11 is 0. The first kappa shape index (κ1) is 21.7. The molecular weight excluding hydrogens is 340 g/mol. The molecule has 5 nitrogen and oxygen atoms in total. The van der Waals surface area contributed by atoms with Crippen molar-refractivity contribution >= 4 is 18.3 Å². The van der Waals surface area contributed by atoms with Gasteiger partial charge in [-0.2, -0.15) is 0 Å². The Bertz CT molecular complexity index is 507. The predicted octanol–water partition coefficient (Wildman–Crippen LogP) is 2.78. The molecule has 2 rings (SSSR count). The highest BCUT2D eigenvalue weighted by Crippen LogP contribution is 2.24. The standard InChI is InChI=1S/C19H30N2O3.ClH/c1-15(17-6-8-20-9-7-17)12-19(22)21-14-16-4-3-5-18(13-16)24-11-10-23-2;/h3-5,13,15,17,20H,6-12,14H2,1-2H3,(H,21,22);1H. The van der Waals surface area contributed by atoms with Crippen molar-refractivity contribution in [3.05, 3.63) is 29.8 Å². The number of benzene rings is 1. The first-order valence-electron chi connectivity index (χ1n) is 8.87. The number of piperidine rings is 1. The molecule has 1 aliphatic rings. The lowest BCUT2D eigenvalue weighted by Crippen LogP contribution is -2.33. The Morgan fingerprint density at radius 3 is 2.80 bits per heavy atom. The first-order valence-corrected chi connectivity index (χ1v) is 8.87. The molecule has 0 saturated carbocycles. The van der Waals surface area contributed by atoms with E-state index < -0.39 is 0 Å². The summed E-state index contributed by atoms with van der Waals surface area (Å²) in [4.78, 5) is 12.2. The third-order valence-electron chi connectivity index (χ3n) is 4.64. The topological polar surface area (TPSA) is 59.6 Å². The molecule has 25 heavy (non-hydrogen) atoms. The van der Waals surface area contributed by atoms with Gasteiger partial charge in [0.25, 0.3) is 0 Å². The van der Waals surface area contributed by atoms with E-state index in [1.807, 2.05) is 24.3 Å². The Hall–Kier alpha value is -1.30. The van der Waals surface area contributed by atoms with Crippen LogP contribution in [-0.4, -0.2) is 39.3 Å². The summed E-state index contributed by atoms with van der Waals surface area (Å²) in [6.07, 6.45) is 2.96. The number of halogens is 1. The van der Waals surface area contributed by atoms with E-state index in [2.05, 4.69) is 17.6 Å². The molecule has 2 N–H and O–H groups in total. The van der Waals surface area contributed by atoms with E-state index in [-0.39, 0.29) is 18.3 Å². The fraction of sp³-hybridized carbons (Fsp3) is 0.632. The number of carbonyl (C=O) groups excluding carboxylic acids is 1. The average Bonchev–Trinajstić information content (AvgIpc) is 2.61. The van der Waals surface area contributed by atoms with Gasteiger partial charge in [-0.15, -0.1) is 12.4 Å². The quantitative estimate of drug-likeness (QED) is 0.656. The Labute approximate surface area is 157 Å². The number of hydrogen-bond acceptors (Lipinski definition) is 4. The molecule has 1 aromatic carbocycles. The molecule has 0 bridgehead atoms. The van der Waals surface area contributed by atoms with Crippen LogP contribution in [0.4, 0.5) is 0 Å². The van der Waals surface area contributed by atoms with Crippen molar-refractivity contribution in [1.82, 2.24) is 10.6 Å². The normalized spacial score (nSPS) is 15.9. The summed E-state index contributed by atoms with van der Waals surface area (Å²) < 4.78 is 10.6. The van der Waals surface area contributed by atoms with Gasteiger partial charge in [0.2, 0.25) is 5.91 Å². The van der Waals surface area contributed by atoms with Crippen molar-refractivity contribution in [2.45, 2.75) is 32.7 Å². The lowest BCUT2D eigenvalue weighted by molar-refractivity contribution is -0.122. The summed E-state index contributed by atoms with van der Waals surface area (Å²) in [6, 6.07) is 7.83. The molecule has 6 heteroatoms. The highest BCUT2D eigenvalue weighted by molar-refractivity contribution is 5.85. The average molecular weight is 371 g/mol. The molecule has 1 saturated heterocycles. The third-order valence-corrected chi connectivity index (χ3v) is 4.64. The summed E-state index contributed by atoms with van der Waals surface area (Å²) in [5.41, 5.74) is 1.05. The second-order valence-electron chi connectivity index (χ2n) is 6.53. The van der Waals surface area contributed by atoms with Gasteiger partial charge in [-0.1, -0.05) is 19.1 Å². The molecular formula is C19H31ClN2O3. The molecule has 1 aromatic rings. The Balaban J connectivity index is 0.00000312. The van der Waals surface area contributed by atoms with Gasteiger partial charge in [-0.25, -0.2) is 0 Å². The van der Waals surface area contributed by atoms with Crippen LogP contribution in [0.1, 0.15) is 31.7 Å². The van der Waals surface area contributed by atoms with Crippen LogP contribution in [0.3, 0.4) is 0 Å². The largest absolute Gasteiger partial charge is 0.491 e. The zero-order valence-electron chi connectivity index (χ0n) is 15.3. The maximum absolute atomic E-state index is 12.2. The van der Waals surface area contributed by atoms with Crippen LogP contribution in [0.25, 0.3) is 0 Å². The summed E-state index contributed by atoms with van der Waals surface area (Å²) in [5.74, 6) is 2.04. The third kappa shape index (κ3) is 8.08. The molecule has 1 aliphatic heterocycles. The highest BCUT2D eigenvalue weighted by atomic mass is 35.5. The number of carbonyl (C=O) groups is 1. The van der Waals surface area contributed by atoms with Gasteiger partial charge in [0, 0.05) is 20.1 Å². The number of methoxy groups -OCH3 is 1. The lowest BCUT2D eigenvalue weighted by Gasteiger charge is -2.27. The maximum Gasteiger partial charge on any atom is 0.220 e. The van der Waals surface area contributed by atoms with Crippen LogP contribution < -0.4 is 15.4 Å². The second-order valence-corrected chi connectivity index (χ2v) is 6.53. The van der Waals surface area contributed by atoms with Crippen molar-refractivity contribution < 1.29 is 14.3 Å². The number of amides is 1. The Morgan fingerprint density at radius 2 is 2.08 bits per heavy atom. The van der Waals surface area contributed by atoms with Crippen molar-refractivity contribution in [1.29, 1.82) is 0 Å². The van der Waals surface area contributed by atoms with Gasteiger partial charge in [0.15, 0.2) is 0 Å². The molecule has 1 heterocycles. The van der Waals surface area contributed by atoms with E-state index in [0.717, 1.165) is 24.4 Å². The van der Waals surface area contributed by atoms with Gasteiger partial charge in [0.05, 0.1) is 6.61 Å². The minimum Gasteiger partial charge on any atom is -0.491 e. The number of rotatable bonds is 9. The van der Waals surface area contributed by atoms with Gasteiger partial charge < -0.3 is 20.1 Å². The van der Waals surface area contributed by atoms with E-state index in [0.29, 0.717) is 38.0 Å². The summed E-state index contributed by atoms with van der Waals surface area (Å²) in [6.45, 7) is 5.98. The van der Waals surface area contributed by atoms with E-state index in [1.165, 1.54) is 12.8 Å². The predicted molar refractivity (Wildman–Crippen MR) is 102 cm³/mol. The van der Waals surface area contributed by atoms with Gasteiger partial charge >= 0.3 is 0 Å². The summed E-state index contributed by atoms with van der Waals surface area (Å²) in [5, 5.41) is 6.40. The molecule has 0 radical (unpaired) electrons. The number of hydrogen-bond donors (Lipinski definition) is 2. The van der Waals surface area contributed by atoms with Crippen LogP contribution in [0, 0.1) is 11.8 Å². The van der Waals surface area contributed by atoms with Gasteiger partial charge in [0.1, 0.15) is 12.4 Å². The maximum atomic E-state index is 12.2. The van der Waals surface area contributed by atoms with Crippen LogP contribution in [-0.2, 0) is 16.1 Å². The van der Waals surface area contributed by atoms with Crippen molar-refractivity contribution in [3.8, 4) is 5.75 Å². The van der Waals surface area contributed by atoms with E-state index in [9.17, 15) is 4.79 Å². The Kier molecular flexibility index (Phi) is 10.5. The minimum atomic E-state index is 0. The van der Waals surface area contributed by atoms with Crippen molar-refractivity contribution in [3.63, 3.8) is 0 Å². The Morgan fingerprint density at radius 1 is 1.32 bits per heavy atom. The molecule has 1 fully saturated rings. The monoisotopic (exact) mass is 370 g/mol. The molecule has 0 aliphatic carbocycles. The highest BCUT2D eigenvalue weighted by Gasteiger charge is 2.21. The fourth-order valence-corrected chi connectivity index (χ4v) is 3.13. The SMILES string of the molecule is COCCOc1cccc(CNC(=O)CC(C)C2CCNCC2)c1.Cl. The number of ether oxygens (including phenoxy) is 2. The van der Waals surface area contributed by atoms with Crippen LogP contribution >= 0.6 is 12.4 Å². The van der Waals surface area contributed by atoms with Crippen LogP contribution in [0.5, 0.6) is 5.75 Å². The van der Waals surface area contributed by atoms with E-state index in [4.69, 9.17) is 9.47 Å². The smallest absolute Gasteiger partial charge is 0.220 e. The van der Waals surface area contributed by atoms with Crippen molar-refractivity contribution in [2.75, 3.05) is 33.4 Å². The van der Waals surface area contributed by atoms with Crippen LogP contribution in [0.15, 0.2) is 24.3 Å². The molecule has 142 valence electrons. The molecule has 1 amide bonds. The van der Waals surface area contributed by atoms with Gasteiger partial charge in [-0.05, 0) is 55.5 Å². The van der Waals surface area contributed by atoms with Crippen LogP contribution in [0.2, 0.25) is 0 Å². The minimum absolute atomic E-state index is 0. The molecule has 0 spiro atoms. The lowest BCUT2D eigenvalue weighted by atomic mass is 9.84. The second kappa shape index (κ2) is 12.1. The van der Waals surface area contributed by atoms with Crippen molar-refractivity contribution in [2.24, 2.45) is 11.8 Å². The number of nitrogens with one attached hydrogen (secondary N) is 2. The van der Waals surface area contributed by atoms with E-state index >= 15 is 0 Å².